The molecule has 1 aromatic carbocycles. The van der Waals surface area contributed by atoms with Crippen molar-refractivity contribution < 1.29 is 9.90 Å². The van der Waals surface area contributed by atoms with Crippen LogP contribution in [0.15, 0.2) is 36.4 Å². The van der Waals surface area contributed by atoms with Crippen LogP contribution < -0.4 is 4.90 Å². The Labute approximate surface area is 112 Å². The van der Waals surface area contributed by atoms with E-state index in [9.17, 15) is 4.79 Å². The number of nitrogens with zero attached hydrogens (tertiary/aromatic N) is 2. The number of pyridine rings is 1. The Kier molecular flexibility index (Phi) is 3.51. The molecule has 1 N–H and O–H groups in total. The molecule has 0 amide bonds. The molecule has 1 heterocycles. The highest BCUT2D eigenvalue weighted by molar-refractivity contribution is 5.89. The minimum Gasteiger partial charge on any atom is -0.478 e. The van der Waals surface area contributed by atoms with Gasteiger partial charge in [0.05, 0.1) is 11.3 Å². The molecule has 4 heteroatoms. The highest BCUT2D eigenvalue weighted by Gasteiger charge is 2.11. The lowest BCUT2D eigenvalue weighted by Crippen LogP contribution is -2.13. The highest BCUT2D eigenvalue weighted by atomic mass is 16.4. The number of carbonyl (C=O) groups is 1. The van der Waals surface area contributed by atoms with Gasteiger partial charge in [0.1, 0.15) is 5.82 Å². The maximum atomic E-state index is 11.0. The molecule has 0 aliphatic heterocycles. The van der Waals surface area contributed by atoms with Crippen molar-refractivity contribution in [3.05, 3.63) is 53.2 Å². The first-order valence-electron chi connectivity index (χ1n) is 6.00. The monoisotopic (exact) mass is 256 g/mol. The minimum atomic E-state index is -0.949. The lowest BCUT2D eigenvalue weighted by molar-refractivity contribution is 0.0695. The Balaban J connectivity index is 2.37. The van der Waals surface area contributed by atoms with Gasteiger partial charge in [0.2, 0.25) is 0 Å². The predicted octanol–water partition coefficient (Wildman–Crippen LogP) is 3.16. The number of carboxylic acid groups (broad SMARTS) is 1. The van der Waals surface area contributed by atoms with E-state index in [1.54, 1.807) is 19.1 Å². The Bertz CT molecular complexity index is 623. The summed E-state index contributed by atoms with van der Waals surface area (Å²) in [4.78, 5) is 17.2. The van der Waals surface area contributed by atoms with Crippen LogP contribution in [-0.4, -0.2) is 23.1 Å². The highest BCUT2D eigenvalue weighted by Crippen LogP contribution is 2.23. The van der Waals surface area contributed by atoms with Crippen LogP contribution in [-0.2, 0) is 0 Å². The van der Waals surface area contributed by atoms with Gasteiger partial charge in [-0.15, -0.1) is 0 Å². The number of aromatic carboxylic acids is 1. The van der Waals surface area contributed by atoms with E-state index in [1.165, 1.54) is 5.56 Å². The van der Waals surface area contributed by atoms with E-state index >= 15 is 0 Å². The topological polar surface area (TPSA) is 53.4 Å². The number of hydrogen-bond acceptors (Lipinski definition) is 3. The molecule has 0 aliphatic rings. The first-order valence-corrected chi connectivity index (χ1v) is 6.00. The van der Waals surface area contributed by atoms with Crippen LogP contribution in [0.1, 0.15) is 21.6 Å². The number of benzene rings is 1. The fourth-order valence-corrected chi connectivity index (χ4v) is 1.93. The van der Waals surface area contributed by atoms with Crippen LogP contribution in [0.2, 0.25) is 0 Å². The third-order valence-electron chi connectivity index (χ3n) is 3.03. The van der Waals surface area contributed by atoms with E-state index in [0.29, 0.717) is 5.69 Å². The van der Waals surface area contributed by atoms with E-state index in [2.05, 4.69) is 11.1 Å². The summed E-state index contributed by atoms with van der Waals surface area (Å²) in [5.74, 6) is -0.220. The van der Waals surface area contributed by atoms with Gasteiger partial charge in [0.15, 0.2) is 0 Å². The molecular formula is C15H16N2O2. The molecule has 2 aromatic rings. The minimum absolute atomic E-state index is 0.237. The molecule has 0 saturated carbocycles. The van der Waals surface area contributed by atoms with Crippen molar-refractivity contribution >= 4 is 17.5 Å². The van der Waals surface area contributed by atoms with Gasteiger partial charge in [-0.2, -0.15) is 0 Å². The Hall–Kier alpha value is -2.36. The molecule has 19 heavy (non-hydrogen) atoms. The van der Waals surface area contributed by atoms with E-state index < -0.39 is 5.97 Å². The van der Waals surface area contributed by atoms with E-state index in [0.717, 1.165) is 11.5 Å². The molecule has 0 radical (unpaired) electrons. The molecule has 1 aromatic heterocycles. The second-order valence-corrected chi connectivity index (χ2v) is 4.51. The van der Waals surface area contributed by atoms with Crippen molar-refractivity contribution in [2.75, 3.05) is 11.9 Å². The third-order valence-corrected chi connectivity index (χ3v) is 3.03. The summed E-state index contributed by atoms with van der Waals surface area (Å²) in [7, 11) is 1.91. The number of anilines is 2. The van der Waals surface area contributed by atoms with Crippen molar-refractivity contribution in [3.8, 4) is 0 Å². The Morgan fingerprint density at radius 3 is 2.53 bits per heavy atom. The summed E-state index contributed by atoms with van der Waals surface area (Å²) in [6.07, 6.45) is 0. The maximum Gasteiger partial charge on any atom is 0.337 e. The predicted molar refractivity (Wildman–Crippen MR) is 75.2 cm³/mol. The van der Waals surface area contributed by atoms with Gasteiger partial charge in [0.25, 0.3) is 0 Å². The van der Waals surface area contributed by atoms with Crippen molar-refractivity contribution in [2.45, 2.75) is 13.8 Å². The summed E-state index contributed by atoms with van der Waals surface area (Å²) in [5.41, 5.74) is 2.95. The maximum absolute atomic E-state index is 11.0. The number of rotatable bonds is 3. The van der Waals surface area contributed by atoms with E-state index in [4.69, 9.17) is 5.11 Å². The second kappa shape index (κ2) is 5.10. The molecule has 4 nitrogen and oxygen atoms in total. The van der Waals surface area contributed by atoms with E-state index in [-0.39, 0.29) is 5.56 Å². The van der Waals surface area contributed by atoms with Gasteiger partial charge in [0, 0.05) is 12.7 Å². The first-order chi connectivity index (χ1) is 8.99. The van der Waals surface area contributed by atoms with Crippen LogP contribution in [0.4, 0.5) is 11.5 Å². The fraction of sp³-hybridized carbons (Fsp3) is 0.200. The number of carboxylic acids is 1. The zero-order valence-electron chi connectivity index (χ0n) is 11.2. The molecule has 0 atom stereocenters. The van der Waals surface area contributed by atoms with Crippen LogP contribution >= 0.6 is 0 Å². The lowest BCUT2D eigenvalue weighted by atomic mass is 10.2. The molecule has 0 aliphatic carbocycles. The Morgan fingerprint density at radius 1 is 1.21 bits per heavy atom. The molecular weight excluding hydrogens is 240 g/mol. The lowest BCUT2D eigenvalue weighted by Gasteiger charge is -2.19. The van der Waals surface area contributed by atoms with Gasteiger partial charge >= 0.3 is 5.97 Å². The van der Waals surface area contributed by atoms with Crippen LogP contribution in [0.25, 0.3) is 0 Å². The normalized spacial score (nSPS) is 10.3. The molecule has 0 saturated heterocycles. The fourth-order valence-electron chi connectivity index (χ4n) is 1.93. The Morgan fingerprint density at radius 2 is 1.95 bits per heavy atom. The van der Waals surface area contributed by atoms with Gasteiger partial charge < -0.3 is 10.0 Å². The SMILES string of the molecule is Cc1cccc(N(C)c2ccc(C(=O)O)c(C)n2)c1. The van der Waals surface area contributed by atoms with E-state index in [1.807, 2.05) is 37.1 Å². The summed E-state index contributed by atoms with van der Waals surface area (Å²) in [6.45, 7) is 3.74. The second-order valence-electron chi connectivity index (χ2n) is 4.51. The van der Waals surface area contributed by atoms with Crippen LogP contribution in [0, 0.1) is 13.8 Å². The number of hydrogen-bond donors (Lipinski definition) is 1. The third kappa shape index (κ3) is 2.73. The largest absolute Gasteiger partial charge is 0.478 e. The van der Waals surface area contributed by atoms with Gasteiger partial charge in [-0.25, -0.2) is 9.78 Å². The quantitative estimate of drug-likeness (QED) is 0.916. The average Bonchev–Trinajstić information content (AvgIpc) is 2.37. The molecule has 0 spiro atoms. The van der Waals surface area contributed by atoms with Crippen LogP contribution in [0.5, 0.6) is 0 Å². The summed E-state index contributed by atoms with van der Waals surface area (Å²) >= 11 is 0. The first kappa shape index (κ1) is 13.1. The van der Waals surface area contributed by atoms with Crippen molar-refractivity contribution in [3.63, 3.8) is 0 Å². The summed E-state index contributed by atoms with van der Waals surface area (Å²) < 4.78 is 0. The average molecular weight is 256 g/mol. The zero-order chi connectivity index (χ0) is 14.0. The zero-order valence-corrected chi connectivity index (χ0v) is 11.2. The van der Waals surface area contributed by atoms with Gasteiger partial charge in [-0.05, 0) is 43.7 Å². The van der Waals surface area contributed by atoms with Crippen molar-refractivity contribution in [1.82, 2.24) is 4.98 Å². The number of aromatic nitrogens is 1. The van der Waals surface area contributed by atoms with Crippen molar-refractivity contribution in [1.29, 1.82) is 0 Å². The molecule has 0 fully saturated rings. The van der Waals surface area contributed by atoms with Crippen LogP contribution in [0.3, 0.4) is 0 Å². The summed E-state index contributed by atoms with van der Waals surface area (Å²) in [6, 6.07) is 11.4. The molecule has 0 bridgehead atoms. The molecule has 98 valence electrons. The molecule has 2 rings (SSSR count). The molecule has 0 unspecified atom stereocenters. The van der Waals surface area contributed by atoms with Crippen molar-refractivity contribution in [2.24, 2.45) is 0 Å². The summed E-state index contributed by atoms with van der Waals surface area (Å²) in [5, 5.41) is 8.99. The smallest absolute Gasteiger partial charge is 0.337 e. The standard InChI is InChI=1S/C15H16N2O2/c1-10-5-4-6-12(9-10)17(3)14-8-7-13(15(18)19)11(2)16-14/h4-9H,1-3H3,(H,18,19). The van der Waals surface area contributed by atoms with Gasteiger partial charge in [-0.1, -0.05) is 12.1 Å². The number of aryl methyl sites for hydroxylation is 2. The van der Waals surface area contributed by atoms with Gasteiger partial charge in [-0.3, -0.25) is 0 Å².